The molecule has 3 nitrogen and oxygen atoms in total. The Morgan fingerprint density at radius 1 is 1.44 bits per heavy atom. The van der Waals surface area contributed by atoms with Crippen molar-refractivity contribution in [2.45, 2.75) is 6.42 Å². The van der Waals surface area contributed by atoms with E-state index in [-0.39, 0.29) is 11.7 Å². The molecule has 1 N–H and O–H groups in total. The van der Waals surface area contributed by atoms with Gasteiger partial charge in [-0.15, -0.1) is 0 Å². The molecule has 1 amide bonds. The summed E-state index contributed by atoms with van der Waals surface area (Å²) in [7, 11) is 1.87. The molecular formula is C12H11FN2O. The maximum atomic E-state index is 13.2. The Morgan fingerprint density at radius 2 is 2.25 bits per heavy atom. The molecule has 0 atom stereocenters. The molecule has 2 heterocycles. The first-order valence-corrected chi connectivity index (χ1v) is 5.23. The van der Waals surface area contributed by atoms with E-state index >= 15 is 0 Å². The van der Waals surface area contributed by atoms with Crippen LogP contribution in [-0.4, -0.2) is 17.0 Å². The molecule has 16 heavy (non-hydrogen) atoms. The molecule has 0 bridgehead atoms. The Labute approximate surface area is 91.9 Å². The molecule has 0 radical (unpaired) electrons. The number of benzene rings is 1. The number of amides is 1. The van der Waals surface area contributed by atoms with Gasteiger partial charge in [-0.3, -0.25) is 4.79 Å². The van der Waals surface area contributed by atoms with E-state index in [4.69, 9.17) is 0 Å². The van der Waals surface area contributed by atoms with Crippen LogP contribution in [0.15, 0.2) is 18.2 Å². The average molecular weight is 218 g/mol. The summed E-state index contributed by atoms with van der Waals surface area (Å²) in [6.07, 6.45) is 0.799. The van der Waals surface area contributed by atoms with E-state index in [1.165, 1.54) is 12.1 Å². The van der Waals surface area contributed by atoms with Gasteiger partial charge in [-0.2, -0.15) is 0 Å². The van der Waals surface area contributed by atoms with Crippen LogP contribution in [0.3, 0.4) is 0 Å². The second-order valence-electron chi connectivity index (χ2n) is 4.05. The summed E-state index contributed by atoms with van der Waals surface area (Å²) >= 11 is 0. The number of hydrogen-bond acceptors (Lipinski definition) is 1. The Bertz CT molecular complexity index is 601. The molecule has 0 saturated carbocycles. The number of nitrogens with zero attached hydrogens (tertiary/aromatic N) is 1. The maximum absolute atomic E-state index is 13.2. The van der Waals surface area contributed by atoms with Crippen molar-refractivity contribution >= 4 is 16.8 Å². The first kappa shape index (κ1) is 9.39. The highest BCUT2D eigenvalue weighted by molar-refractivity contribution is 6.09. The van der Waals surface area contributed by atoms with Gasteiger partial charge in [0.05, 0.1) is 11.1 Å². The quantitative estimate of drug-likeness (QED) is 0.716. The highest BCUT2D eigenvalue weighted by atomic mass is 19.1. The van der Waals surface area contributed by atoms with Crippen LogP contribution in [-0.2, 0) is 13.5 Å². The standard InChI is InChI=1S/C12H11FN2O/c1-15-9-4-5-14-12(16)11(9)8-3-2-7(13)6-10(8)15/h2-3,6H,4-5H2,1H3,(H,14,16). The Kier molecular flexibility index (Phi) is 1.80. The van der Waals surface area contributed by atoms with Crippen LogP contribution in [0.4, 0.5) is 4.39 Å². The van der Waals surface area contributed by atoms with Gasteiger partial charge in [0, 0.05) is 31.1 Å². The monoisotopic (exact) mass is 218 g/mol. The van der Waals surface area contributed by atoms with E-state index < -0.39 is 0 Å². The van der Waals surface area contributed by atoms with Crippen molar-refractivity contribution in [3.8, 4) is 0 Å². The first-order valence-electron chi connectivity index (χ1n) is 5.23. The lowest BCUT2D eigenvalue weighted by Gasteiger charge is -2.14. The normalized spacial score (nSPS) is 15.0. The van der Waals surface area contributed by atoms with Crippen LogP contribution in [0.1, 0.15) is 16.1 Å². The highest BCUT2D eigenvalue weighted by Gasteiger charge is 2.24. The summed E-state index contributed by atoms with van der Waals surface area (Å²) in [5, 5.41) is 3.64. The van der Waals surface area contributed by atoms with Crippen molar-refractivity contribution in [3.63, 3.8) is 0 Å². The van der Waals surface area contributed by atoms with E-state index in [0.717, 1.165) is 23.0 Å². The van der Waals surface area contributed by atoms with Gasteiger partial charge >= 0.3 is 0 Å². The van der Waals surface area contributed by atoms with Crippen molar-refractivity contribution in [3.05, 3.63) is 35.3 Å². The van der Waals surface area contributed by atoms with Gasteiger partial charge in [0.25, 0.3) is 5.91 Å². The molecule has 0 unspecified atom stereocenters. The lowest BCUT2D eigenvalue weighted by Crippen LogP contribution is -2.32. The van der Waals surface area contributed by atoms with Crippen LogP contribution < -0.4 is 5.32 Å². The summed E-state index contributed by atoms with van der Waals surface area (Å²) in [5.41, 5.74) is 2.47. The fourth-order valence-electron chi connectivity index (χ4n) is 2.39. The minimum atomic E-state index is -0.272. The molecule has 0 saturated heterocycles. The van der Waals surface area contributed by atoms with Crippen molar-refractivity contribution in [2.24, 2.45) is 7.05 Å². The summed E-state index contributed by atoms with van der Waals surface area (Å²) < 4.78 is 15.1. The molecule has 2 aromatic rings. The number of nitrogens with one attached hydrogen (secondary N) is 1. The van der Waals surface area contributed by atoms with Gasteiger partial charge in [-0.05, 0) is 18.2 Å². The molecule has 1 aliphatic heterocycles. The van der Waals surface area contributed by atoms with E-state index in [0.29, 0.717) is 12.1 Å². The van der Waals surface area contributed by atoms with Crippen molar-refractivity contribution in [1.29, 1.82) is 0 Å². The molecule has 1 aromatic heterocycles. The van der Waals surface area contributed by atoms with Crippen molar-refractivity contribution in [2.75, 3.05) is 6.54 Å². The number of fused-ring (bicyclic) bond motifs is 3. The minimum Gasteiger partial charge on any atom is -0.352 e. The molecule has 82 valence electrons. The predicted molar refractivity (Wildman–Crippen MR) is 58.9 cm³/mol. The zero-order chi connectivity index (χ0) is 11.3. The van der Waals surface area contributed by atoms with Gasteiger partial charge in [0.2, 0.25) is 0 Å². The Hall–Kier alpha value is -1.84. The number of aromatic nitrogens is 1. The summed E-state index contributed by atoms with van der Waals surface area (Å²) in [6, 6.07) is 4.54. The van der Waals surface area contributed by atoms with Crippen LogP contribution >= 0.6 is 0 Å². The molecule has 0 aliphatic carbocycles. The number of aryl methyl sites for hydroxylation is 1. The maximum Gasteiger partial charge on any atom is 0.253 e. The second kappa shape index (κ2) is 3.07. The van der Waals surface area contributed by atoms with E-state index in [9.17, 15) is 9.18 Å². The third-order valence-electron chi connectivity index (χ3n) is 3.16. The summed E-state index contributed by atoms with van der Waals surface area (Å²) in [4.78, 5) is 11.8. The first-order chi connectivity index (χ1) is 7.68. The van der Waals surface area contributed by atoms with Gasteiger partial charge in [-0.1, -0.05) is 0 Å². The smallest absolute Gasteiger partial charge is 0.253 e. The van der Waals surface area contributed by atoms with Gasteiger partial charge in [0.15, 0.2) is 0 Å². The predicted octanol–water partition coefficient (Wildman–Crippen LogP) is 1.60. The van der Waals surface area contributed by atoms with Crippen LogP contribution in [0.2, 0.25) is 0 Å². The fourth-order valence-corrected chi connectivity index (χ4v) is 2.39. The second-order valence-corrected chi connectivity index (χ2v) is 4.05. The molecule has 0 spiro atoms. The van der Waals surface area contributed by atoms with Crippen molar-refractivity contribution in [1.82, 2.24) is 9.88 Å². The SMILES string of the molecule is Cn1c2c(c3ccc(F)cc31)C(=O)NCC2. The Morgan fingerprint density at radius 3 is 3.06 bits per heavy atom. The number of rotatable bonds is 0. The third-order valence-corrected chi connectivity index (χ3v) is 3.16. The Balaban J connectivity index is 2.44. The molecule has 1 aliphatic rings. The zero-order valence-corrected chi connectivity index (χ0v) is 8.88. The minimum absolute atomic E-state index is 0.0570. The number of halogens is 1. The topological polar surface area (TPSA) is 34.0 Å². The van der Waals surface area contributed by atoms with Crippen LogP contribution in [0, 0.1) is 5.82 Å². The van der Waals surface area contributed by atoms with Crippen LogP contribution in [0.5, 0.6) is 0 Å². The highest BCUT2D eigenvalue weighted by Crippen LogP contribution is 2.27. The molecule has 1 aromatic carbocycles. The largest absolute Gasteiger partial charge is 0.352 e. The average Bonchev–Trinajstić information content (AvgIpc) is 2.55. The number of hydrogen-bond donors (Lipinski definition) is 1. The number of carbonyl (C=O) groups excluding carboxylic acids is 1. The lowest BCUT2D eigenvalue weighted by atomic mass is 10.1. The molecular weight excluding hydrogens is 207 g/mol. The van der Waals surface area contributed by atoms with Gasteiger partial charge in [-0.25, -0.2) is 4.39 Å². The van der Waals surface area contributed by atoms with E-state index in [2.05, 4.69) is 5.32 Å². The van der Waals surface area contributed by atoms with Crippen LogP contribution in [0.25, 0.3) is 10.9 Å². The summed E-state index contributed by atoms with van der Waals surface area (Å²) in [6.45, 7) is 0.651. The summed E-state index contributed by atoms with van der Waals surface area (Å²) in [5.74, 6) is -0.329. The third kappa shape index (κ3) is 1.10. The van der Waals surface area contributed by atoms with Crippen molar-refractivity contribution < 1.29 is 9.18 Å². The zero-order valence-electron chi connectivity index (χ0n) is 8.88. The number of carbonyl (C=O) groups is 1. The van der Waals surface area contributed by atoms with Gasteiger partial charge < -0.3 is 9.88 Å². The molecule has 0 fully saturated rings. The van der Waals surface area contributed by atoms with Gasteiger partial charge in [0.1, 0.15) is 5.82 Å². The molecule has 3 rings (SSSR count). The lowest BCUT2D eigenvalue weighted by molar-refractivity contribution is 0.0947. The van der Waals surface area contributed by atoms with E-state index in [1.807, 2.05) is 11.6 Å². The molecule has 4 heteroatoms. The van der Waals surface area contributed by atoms with E-state index in [1.54, 1.807) is 6.07 Å². The fraction of sp³-hybridized carbons (Fsp3) is 0.250.